The third kappa shape index (κ3) is 2.79. The van der Waals surface area contributed by atoms with Gasteiger partial charge in [0, 0.05) is 23.1 Å². The lowest BCUT2D eigenvalue weighted by molar-refractivity contribution is -0.117. The highest BCUT2D eigenvalue weighted by atomic mass is 79.9. The van der Waals surface area contributed by atoms with Crippen LogP contribution in [0.2, 0.25) is 5.02 Å². The minimum absolute atomic E-state index is 0.0659. The first-order chi connectivity index (χ1) is 8.71. The zero-order valence-electron chi connectivity index (χ0n) is 10.1. The number of benzene rings is 1. The van der Waals surface area contributed by atoms with Crippen molar-refractivity contribution < 1.29 is 13.2 Å². The molecule has 0 saturated carbocycles. The van der Waals surface area contributed by atoms with Crippen molar-refractivity contribution in [2.45, 2.75) is 18.6 Å². The third-order valence-electron chi connectivity index (χ3n) is 3.16. The molecule has 1 aromatic rings. The first-order valence-electron chi connectivity index (χ1n) is 5.48. The summed E-state index contributed by atoms with van der Waals surface area (Å²) in [6.07, 6.45) is -0.0913. The van der Waals surface area contributed by atoms with Gasteiger partial charge < -0.3 is 4.90 Å². The molecule has 104 valence electrons. The van der Waals surface area contributed by atoms with Crippen LogP contribution in [0.15, 0.2) is 16.6 Å². The normalized spacial score (nSPS) is 20.1. The largest absolute Gasteiger partial charge is 0.311 e. The van der Waals surface area contributed by atoms with Crippen molar-refractivity contribution >= 4 is 49.1 Å². The lowest BCUT2D eigenvalue weighted by Crippen LogP contribution is -2.32. The van der Waals surface area contributed by atoms with Gasteiger partial charge in [0.2, 0.25) is 15.9 Å². The number of carbonyl (C=O) groups excluding carboxylic acids is 1. The molecule has 19 heavy (non-hydrogen) atoms. The summed E-state index contributed by atoms with van der Waals surface area (Å²) in [5.74, 6) is -0.263. The number of rotatable bonds is 2. The molecule has 5 nitrogen and oxygen atoms in total. The van der Waals surface area contributed by atoms with Crippen LogP contribution < -0.4 is 10.0 Å². The molecule has 0 bridgehead atoms. The average molecular weight is 368 g/mol. The Hall–Kier alpha value is -0.630. The molecule has 8 heteroatoms. The van der Waals surface area contributed by atoms with E-state index in [0.29, 0.717) is 10.7 Å². The summed E-state index contributed by atoms with van der Waals surface area (Å²) < 4.78 is 23.4. The van der Waals surface area contributed by atoms with Gasteiger partial charge in [0.1, 0.15) is 5.25 Å². The van der Waals surface area contributed by atoms with Gasteiger partial charge in [-0.15, -0.1) is 0 Å². The molecule has 1 saturated heterocycles. The van der Waals surface area contributed by atoms with Crippen LogP contribution in [0, 0.1) is 6.92 Å². The van der Waals surface area contributed by atoms with Gasteiger partial charge in [-0.2, -0.15) is 0 Å². The SMILES string of the molecule is Cc1c(N2CC(S(N)(=O)=O)CC2=O)ccc(Br)c1Cl. The number of hydrogen-bond acceptors (Lipinski definition) is 3. The minimum atomic E-state index is -3.71. The zero-order valence-corrected chi connectivity index (χ0v) is 13.2. The standard InChI is InChI=1S/C11H12BrClN2O3S/c1-6-9(3-2-8(12)11(6)13)15-5-7(4-10(15)16)19(14,17)18/h2-3,7H,4-5H2,1H3,(H2,14,17,18). The molecule has 1 unspecified atom stereocenters. The molecule has 1 atom stereocenters. The van der Waals surface area contributed by atoms with Crippen molar-refractivity contribution in [1.82, 2.24) is 0 Å². The van der Waals surface area contributed by atoms with Gasteiger partial charge in [-0.3, -0.25) is 4.79 Å². The number of sulfonamides is 1. The minimum Gasteiger partial charge on any atom is -0.311 e. The van der Waals surface area contributed by atoms with Crippen LogP contribution in [0.3, 0.4) is 0 Å². The summed E-state index contributed by atoms with van der Waals surface area (Å²) in [6, 6.07) is 3.46. The summed E-state index contributed by atoms with van der Waals surface area (Å²) in [5.41, 5.74) is 1.34. The fourth-order valence-electron chi connectivity index (χ4n) is 2.06. The van der Waals surface area contributed by atoms with Crippen LogP contribution in [0.5, 0.6) is 0 Å². The Kier molecular flexibility index (Phi) is 3.92. The van der Waals surface area contributed by atoms with E-state index in [4.69, 9.17) is 16.7 Å². The molecule has 0 radical (unpaired) electrons. The molecule has 0 spiro atoms. The van der Waals surface area contributed by atoms with E-state index in [-0.39, 0.29) is 18.9 Å². The van der Waals surface area contributed by atoms with Gasteiger partial charge in [0.05, 0.1) is 5.02 Å². The number of primary sulfonamides is 1. The van der Waals surface area contributed by atoms with Crippen LogP contribution in [0.1, 0.15) is 12.0 Å². The Labute approximate surface area is 124 Å². The molecule has 1 heterocycles. The zero-order chi connectivity index (χ0) is 14.4. The second-order valence-electron chi connectivity index (χ2n) is 4.42. The van der Waals surface area contributed by atoms with E-state index in [1.54, 1.807) is 19.1 Å². The summed E-state index contributed by atoms with van der Waals surface area (Å²) in [4.78, 5) is 13.4. The topological polar surface area (TPSA) is 80.5 Å². The molecular weight excluding hydrogens is 356 g/mol. The fraction of sp³-hybridized carbons (Fsp3) is 0.364. The molecule has 1 aliphatic heterocycles. The van der Waals surface area contributed by atoms with Crippen molar-refractivity contribution in [2.75, 3.05) is 11.4 Å². The second kappa shape index (κ2) is 5.05. The van der Waals surface area contributed by atoms with Gasteiger partial charge >= 0.3 is 0 Å². The number of halogens is 2. The van der Waals surface area contributed by atoms with Crippen LogP contribution in [0.4, 0.5) is 5.69 Å². The molecule has 1 aliphatic rings. The molecule has 1 fully saturated rings. The Morgan fingerprint density at radius 2 is 2.11 bits per heavy atom. The van der Waals surface area contributed by atoms with Gasteiger partial charge in [0.25, 0.3) is 0 Å². The van der Waals surface area contributed by atoms with E-state index >= 15 is 0 Å². The maximum atomic E-state index is 11.9. The first-order valence-corrected chi connectivity index (χ1v) is 8.26. The molecule has 1 amide bonds. The predicted molar refractivity (Wildman–Crippen MR) is 77.8 cm³/mol. The van der Waals surface area contributed by atoms with Crippen LogP contribution >= 0.6 is 27.5 Å². The van der Waals surface area contributed by atoms with Crippen molar-refractivity contribution in [3.8, 4) is 0 Å². The average Bonchev–Trinajstić information content (AvgIpc) is 2.68. The highest BCUT2D eigenvalue weighted by Crippen LogP contribution is 2.35. The van der Waals surface area contributed by atoms with Crippen LogP contribution in [-0.4, -0.2) is 26.1 Å². The Bertz CT molecular complexity index is 648. The molecular formula is C11H12BrClN2O3S. The number of nitrogens with two attached hydrogens (primary N) is 1. The lowest BCUT2D eigenvalue weighted by Gasteiger charge is -2.20. The summed E-state index contributed by atoms with van der Waals surface area (Å²) in [5, 5.41) is 4.74. The Morgan fingerprint density at radius 3 is 2.63 bits per heavy atom. The number of nitrogens with zero attached hydrogens (tertiary/aromatic N) is 1. The van der Waals surface area contributed by atoms with Gasteiger partial charge in [-0.25, -0.2) is 13.6 Å². The molecule has 0 aliphatic carbocycles. The summed E-state index contributed by atoms with van der Waals surface area (Å²) in [7, 11) is -3.71. The Morgan fingerprint density at radius 1 is 1.47 bits per heavy atom. The van der Waals surface area contributed by atoms with Gasteiger partial charge in [0.15, 0.2) is 0 Å². The highest BCUT2D eigenvalue weighted by molar-refractivity contribution is 9.10. The van der Waals surface area contributed by atoms with E-state index in [2.05, 4.69) is 15.9 Å². The molecule has 2 N–H and O–H groups in total. The fourth-order valence-corrected chi connectivity index (χ4v) is 3.38. The molecule has 0 aromatic heterocycles. The number of amides is 1. The predicted octanol–water partition coefficient (Wildman–Crippen LogP) is 1.80. The maximum Gasteiger partial charge on any atom is 0.228 e. The molecule has 2 rings (SSSR count). The highest BCUT2D eigenvalue weighted by Gasteiger charge is 2.37. The van der Waals surface area contributed by atoms with E-state index in [1.807, 2.05) is 0 Å². The third-order valence-corrected chi connectivity index (χ3v) is 5.78. The van der Waals surface area contributed by atoms with Crippen molar-refractivity contribution in [2.24, 2.45) is 5.14 Å². The van der Waals surface area contributed by atoms with Crippen molar-refractivity contribution in [1.29, 1.82) is 0 Å². The van der Waals surface area contributed by atoms with Crippen LogP contribution in [0.25, 0.3) is 0 Å². The molecule has 1 aromatic carbocycles. The first kappa shape index (κ1) is 14.8. The van der Waals surface area contributed by atoms with E-state index in [9.17, 15) is 13.2 Å². The van der Waals surface area contributed by atoms with Gasteiger partial charge in [-0.1, -0.05) is 11.6 Å². The van der Waals surface area contributed by atoms with Crippen molar-refractivity contribution in [3.05, 3.63) is 27.2 Å². The lowest BCUT2D eigenvalue weighted by atomic mass is 10.2. The van der Waals surface area contributed by atoms with E-state index in [1.165, 1.54) is 4.90 Å². The Balaban J connectivity index is 2.39. The maximum absolute atomic E-state index is 11.9. The second-order valence-corrected chi connectivity index (χ2v) is 7.50. The number of carbonyl (C=O) groups is 1. The number of hydrogen-bond donors (Lipinski definition) is 1. The van der Waals surface area contributed by atoms with Crippen LogP contribution in [-0.2, 0) is 14.8 Å². The van der Waals surface area contributed by atoms with Gasteiger partial charge in [-0.05, 0) is 40.5 Å². The van der Waals surface area contributed by atoms with E-state index < -0.39 is 15.3 Å². The van der Waals surface area contributed by atoms with Crippen molar-refractivity contribution in [3.63, 3.8) is 0 Å². The van der Waals surface area contributed by atoms with E-state index in [0.717, 1.165) is 10.0 Å². The quantitative estimate of drug-likeness (QED) is 0.865. The number of anilines is 1. The summed E-state index contributed by atoms with van der Waals surface area (Å²) >= 11 is 9.40. The smallest absolute Gasteiger partial charge is 0.228 e. The monoisotopic (exact) mass is 366 g/mol. The summed E-state index contributed by atoms with van der Waals surface area (Å²) in [6.45, 7) is 1.84.